The summed E-state index contributed by atoms with van der Waals surface area (Å²) in [6.45, 7) is 3.37. The van der Waals surface area contributed by atoms with E-state index in [2.05, 4.69) is 11.8 Å². The molecule has 0 atom stereocenters. The maximum Gasteiger partial charge on any atom is 0.111 e. The van der Waals surface area contributed by atoms with E-state index in [9.17, 15) is 4.91 Å². The largest absolute Gasteiger partial charge is 0.513 e. The van der Waals surface area contributed by atoms with Crippen molar-refractivity contribution in [3.05, 3.63) is 47.1 Å². The number of hydrogen-bond acceptors (Lipinski definition) is 3. The van der Waals surface area contributed by atoms with E-state index in [0.29, 0.717) is 18.5 Å². The predicted octanol–water partition coefficient (Wildman–Crippen LogP) is 3.09. The van der Waals surface area contributed by atoms with Crippen molar-refractivity contribution in [1.82, 2.24) is 0 Å². The lowest BCUT2D eigenvalue weighted by molar-refractivity contribution is 0.391. The van der Waals surface area contributed by atoms with Gasteiger partial charge in [-0.25, -0.2) is 0 Å². The molecule has 0 heterocycles. The molecule has 68 valence electrons. The molecule has 3 heteroatoms. The van der Waals surface area contributed by atoms with Gasteiger partial charge in [0.2, 0.25) is 0 Å². The predicted molar refractivity (Wildman–Crippen MR) is 52.0 cm³/mol. The Morgan fingerprint density at radius 1 is 1.46 bits per heavy atom. The normalized spacial score (nSPS) is 9.54. The number of aliphatic hydroxyl groups excluding tert-OH is 1. The first-order valence-corrected chi connectivity index (χ1v) is 4.02. The molecule has 1 aromatic rings. The van der Waals surface area contributed by atoms with E-state index >= 15 is 0 Å². The van der Waals surface area contributed by atoms with Crippen molar-refractivity contribution in [3.8, 4) is 0 Å². The summed E-state index contributed by atoms with van der Waals surface area (Å²) >= 11 is 0. The van der Waals surface area contributed by atoms with E-state index in [1.54, 1.807) is 12.1 Å². The van der Waals surface area contributed by atoms with Gasteiger partial charge >= 0.3 is 0 Å². The zero-order valence-corrected chi connectivity index (χ0v) is 7.23. The Balaban J connectivity index is 2.75. The fourth-order valence-electron chi connectivity index (χ4n) is 1.09. The summed E-state index contributed by atoms with van der Waals surface area (Å²) in [5.74, 6) is 0.126. The smallest absolute Gasteiger partial charge is 0.111 e. The van der Waals surface area contributed by atoms with Crippen LogP contribution in [0, 0.1) is 4.91 Å². The number of benzene rings is 1. The number of aliphatic hydroxyl groups is 1. The van der Waals surface area contributed by atoms with Crippen molar-refractivity contribution in [2.75, 3.05) is 0 Å². The Morgan fingerprint density at radius 2 is 2.15 bits per heavy atom. The average Bonchev–Trinajstić information content (AvgIpc) is 2.15. The standard InChI is InChI=1S/C10H11NO2/c1-8(12)6-7-9-4-2-3-5-10(9)11-13/h2-5,12H,1,6-7H2. The summed E-state index contributed by atoms with van der Waals surface area (Å²) in [7, 11) is 0. The molecule has 0 radical (unpaired) electrons. The van der Waals surface area contributed by atoms with Crippen LogP contribution in [0.5, 0.6) is 0 Å². The van der Waals surface area contributed by atoms with Gasteiger partial charge in [0.15, 0.2) is 0 Å². The molecule has 0 amide bonds. The average molecular weight is 177 g/mol. The van der Waals surface area contributed by atoms with Crippen LogP contribution in [0.25, 0.3) is 0 Å². The summed E-state index contributed by atoms with van der Waals surface area (Å²) in [6.07, 6.45) is 1.06. The lowest BCUT2D eigenvalue weighted by Crippen LogP contribution is -1.87. The van der Waals surface area contributed by atoms with E-state index in [4.69, 9.17) is 5.11 Å². The maximum atomic E-state index is 10.3. The van der Waals surface area contributed by atoms with Crippen molar-refractivity contribution >= 4 is 5.69 Å². The van der Waals surface area contributed by atoms with Crippen molar-refractivity contribution < 1.29 is 5.11 Å². The lowest BCUT2D eigenvalue weighted by Gasteiger charge is -2.01. The molecule has 0 aromatic heterocycles. The third-order valence-electron chi connectivity index (χ3n) is 1.77. The molecule has 3 nitrogen and oxygen atoms in total. The zero-order chi connectivity index (χ0) is 9.68. The molecule has 1 N–H and O–H groups in total. The van der Waals surface area contributed by atoms with Crippen LogP contribution in [0.3, 0.4) is 0 Å². The minimum atomic E-state index is 0.126. The molecule has 0 aliphatic carbocycles. The van der Waals surface area contributed by atoms with Gasteiger partial charge in [0.05, 0.1) is 5.76 Å². The fraction of sp³-hybridized carbons (Fsp3) is 0.200. The number of hydrogen-bond donors (Lipinski definition) is 1. The van der Waals surface area contributed by atoms with Crippen LogP contribution in [0.1, 0.15) is 12.0 Å². The summed E-state index contributed by atoms with van der Waals surface area (Å²) in [5, 5.41) is 11.8. The second kappa shape index (κ2) is 4.40. The molecule has 0 spiro atoms. The first-order chi connectivity index (χ1) is 6.24. The van der Waals surface area contributed by atoms with Crippen LogP contribution >= 0.6 is 0 Å². The van der Waals surface area contributed by atoms with Crippen molar-refractivity contribution in [2.45, 2.75) is 12.8 Å². The molecule has 0 saturated heterocycles. The van der Waals surface area contributed by atoms with Gasteiger partial charge in [-0.3, -0.25) is 0 Å². The number of aryl methyl sites for hydroxylation is 1. The van der Waals surface area contributed by atoms with Crippen molar-refractivity contribution in [2.24, 2.45) is 5.18 Å². The second-order valence-electron chi connectivity index (χ2n) is 2.79. The highest BCUT2D eigenvalue weighted by atomic mass is 16.3. The molecular formula is C10H11NO2. The minimum absolute atomic E-state index is 0.126. The Morgan fingerprint density at radius 3 is 2.77 bits per heavy atom. The van der Waals surface area contributed by atoms with Crippen LogP contribution in [0.15, 0.2) is 41.8 Å². The number of nitrogens with zero attached hydrogens (tertiary/aromatic N) is 1. The molecule has 1 rings (SSSR count). The van der Waals surface area contributed by atoms with E-state index < -0.39 is 0 Å². The third-order valence-corrected chi connectivity index (χ3v) is 1.77. The Bertz CT molecular complexity index is 320. The van der Waals surface area contributed by atoms with E-state index in [1.165, 1.54) is 0 Å². The molecule has 0 aliphatic rings. The molecule has 0 aliphatic heterocycles. The lowest BCUT2D eigenvalue weighted by atomic mass is 10.1. The van der Waals surface area contributed by atoms with Crippen LogP contribution in [-0.2, 0) is 6.42 Å². The highest BCUT2D eigenvalue weighted by Crippen LogP contribution is 2.20. The van der Waals surface area contributed by atoms with Crippen LogP contribution in [-0.4, -0.2) is 5.11 Å². The van der Waals surface area contributed by atoms with Gasteiger partial charge in [0.25, 0.3) is 0 Å². The van der Waals surface area contributed by atoms with E-state index in [-0.39, 0.29) is 5.76 Å². The van der Waals surface area contributed by atoms with Gasteiger partial charge in [0.1, 0.15) is 5.69 Å². The van der Waals surface area contributed by atoms with Crippen LogP contribution in [0.4, 0.5) is 5.69 Å². The van der Waals surface area contributed by atoms with Crippen LogP contribution < -0.4 is 0 Å². The summed E-state index contributed by atoms with van der Waals surface area (Å²) in [5.41, 5.74) is 1.27. The maximum absolute atomic E-state index is 10.3. The van der Waals surface area contributed by atoms with Gasteiger partial charge < -0.3 is 5.11 Å². The van der Waals surface area contributed by atoms with Crippen LogP contribution in [0.2, 0.25) is 0 Å². The number of allylic oxidation sites excluding steroid dienone is 1. The van der Waals surface area contributed by atoms with Gasteiger partial charge in [-0.15, -0.1) is 4.91 Å². The fourth-order valence-corrected chi connectivity index (χ4v) is 1.09. The highest BCUT2D eigenvalue weighted by Gasteiger charge is 2.01. The van der Waals surface area contributed by atoms with E-state index in [0.717, 1.165) is 5.56 Å². The summed E-state index contributed by atoms with van der Waals surface area (Å²) in [6, 6.07) is 7.07. The molecule has 0 unspecified atom stereocenters. The number of rotatable bonds is 4. The molecule has 0 fully saturated rings. The molecule has 1 aromatic carbocycles. The van der Waals surface area contributed by atoms with Crippen molar-refractivity contribution in [1.29, 1.82) is 0 Å². The summed E-state index contributed by atoms with van der Waals surface area (Å²) < 4.78 is 0. The van der Waals surface area contributed by atoms with Gasteiger partial charge in [-0.05, 0) is 23.2 Å². The van der Waals surface area contributed by atoms with Gasteiger partial charge in [0, 0.05) is 6.42 Å². The molecule has 0 saturated carbocycles. The van der Waals surface area contributed by atoms with Gasteiger partial charge in [-0.2, -0.15) is 0 Å². The number of nitroso groups, excluding NO2 is 1. The Hall–Kier alpha value is -1.64. The van der Waals surface area contributed by atoms with E-state index in [1.807, 2.05) is 12.1 Å². The third kappa shape index (κ3) is 2.71. The quantitative estimate of drug-likeness (QED) is 0.567. The molecule has 13 heavy (non-hydrogen) atoms. The first-order valence-electron chi connectivity index (χ1n) is 4.02. The highest BCUT2D eigenvalue weighted by molar-refractivity contribution is 5.45. The molecule has 0 bridgehead atoms. The SMILES string of the molecule is C=C(O)CCc1ccccc1N=O. The topological polar surface area (TPSA) is 49.7 Å². The minimum Gasteiger partial charge on any atom is -0.513 e. The summed E-state index contributed by atoms with van der Waals surface area (Å²) in [4.78, 5) is 10.3. The first kappa shape index (κ1) is 9.45. The second-order valence-corrected chi connectivity index (χ2v) is 2.79. The van der Waals surface area contributed by atoms with Crippen molar-refractivity contribution in [3.63, 3.8) is 0 Å². The monoisotopic (exact) mass is 177 g/mol. The Kier molecular flexibility index (Phi) is 3.20. The molecular weight excluding hydrogens is 166 g/mol. The zero-order valence-electron chi connectivity index (χ0n) is 7.23. The van der Waals surface area contributed by atoms with Gasteiger partial charge in [-0.1, -0.05) is 24.8 Å². The Labute approximate surface area is 76.7 Å².